The van der Waals surface area contributed by atoms with E-state index >= 15 is 0 Å². The van der Waals surface area contributed by atoms with Crippen LogP contribution >= 0.6 is 0 Å². The van der Waals surface area contributed by atoms with E-state index < -0.39 is 5.41 Å². The van der Waals surface area contributed by atoms with Crippen molar-refractivity contribution in [2.24, 2.45) is 0 Å². The summed E-state index contributed by atoms with van der Waals surface area (Å²) in [6, 6.07) is 67.6. The molecule has 3 atom stereocenters. The molecule has 0 amide bonds. The second kappa shape index (κ2) is 16.7. The molecule has 0 aliphatic heterocycles. The number of anilines is 1. The van der Waals surface area contributed by atoms with Gasteiger partial charge < -0.3 is 4.90 Å². The molecule has 0 spiro atoms. The first-order valence-electron chi connectivity index (χ1n) is 22.9. The Balaban J connectivity index is 1.04. The maximum absolute atomic E-state index is 2.63. The summed E-state index contributed by atoms with van der Waals surface area (Å²) in [6.07, 6.45) is 23.0. The third kappa shape index (κ3) is 6.63. The van der Waals surface area contributed by atoms with Crippen molar-refractivity contribution in [1.29, 1.82) is 0 Å². The van der Waals surface area contributed by atoms with Crippen molar-refractivity contribution in [2.75, 3.05) is 4.90 Å². The fourth-order valence-electron chi connectivity index (χ4n) is 11.0. The average Bonchev–Trinajstić information content (AvgIpc) is 3.66. The minimum absolute atomic E-state index is 0.0764. The molecule has 8 aromatic carbocycles. The van der Waals surface area contributed by atoms with Crippen LogP contribution in [0.25, 0.3) is 49.4 Å². The van der Waals surface area contributed by atoms with E-state index in [0.29, 0.717) is 5.92 Å². The first-order valence-corrected chi connectivity index (χ1v) is 22.9. The first kappa shape index (κ1) is 39.4. The average molecular weight is 822 g/mol. The Labute approximate surface area is 378 Å². The van der Waals surface area contributed by atoms with Crippen molar-refractivity contribution in [2.45, 2.75) is 44.1 Å². The van der Waals surface area contributed by atoms with Gasteiger partial charge in [-0.1, -0.05) is 212 Å². The Hall–Kier alpha value is -7.48. The number of fused-ring (bicyclic) bond motifs is 6. The molecule has 0 bridgehead atoms. The molecule has 3 unspecified atom stereocenters. The summed E-state index contributed by atoms with van der Waals surface area (Å²) in [6.45, 7) is 4.32. The van der Waals surface area contributed by atoms with E-state index in [1.165, 1.54) is 94.1 Å². The monoisotopic (exact) mass is 821 g/mol. The zero-order valence-corrected chi connectivity index (χ0v) is 36.5. The molecule has 1 heteroatoms. The predicted molar refractivity (Wildman–Crippen MR) is 273 cm³/mol. The van der Waals surface area contributed by atoms with Crippen LogP contribution in [-0.4, -0.2) is 6.04 Å². The smallest absolute Gasteiger partial charge is 0.0711 e. The number of hydrogen-bond acceptors (Lipinski definition) is 1. The highest BCUT2D eigenvalue weighted by Gasteiger charge is 2.47. The highest BCUT2D eigenvalue weighted by molar-refractivity contribution is 6.12. The molecule has 64 heavy (non-hydrogen) atoms. The van der Waals surface area contributed by atoms with Crippen molar-refractivity contribution in [3.05, 3.63) is 276 Å². The van der Waals surface area contributed by atoms with Crippen molar-refractivity contribution < 1.29 is 0 Å². The van der Waals surface area contributed by atoms with Crippen LogP contribution in [0.15, 0.2) is 248 Å². The van der Waals surface area contributed by atoms with Gasteiger partial charge in [-0.15, -0.1) is 0 Å². The lowest BCUT2D eigenvalue weighted by Crippen LogP contribution is -2.35. The molecule has 0 saturated carbocycles. The fraction of sp³-hybridized carbons (Fsp3) is 0.111. The summed E-state index contributed by atoms with van der Waals surface area (Å²) in [7, 11) is 0. The normalized spacial score (nSPS) is 19.1. The van der Waals surface area contributed by atoms with E-state index in [-0.39, 0.29) is 6.04 Å². The fourth-order valence-corrected chi connectivity index (χ4v) is 11.0. The van der Waals surface area contributed by atoms with Gasteiger partial charge in [0.25, 0.3) is 0 Å². The van der Waals surface area contributed by atoms with E-state index in [2.05, 4.69) is 255 Å². The molecule has 3 aliphatic carbocycles. The van der Waals surface area contributed by atoms with Gasteiger partial charge in [0.1, 0.15) is 0 Å². The van der Waals surface area contributed by atoms with Gasteiger partial charge in [0.15, 0.2) is 0 Å². The Morgan fingerprint density at radius 1 is 0.594 bits per heavy atom. The largest absolute Gasteiger partial charge is 0.334 e. The van der Waals surface area contributed by atoms with Gasteiger partial charge in [0.05, 0.1) is 11.5 Å². The van der Waals surface area contributed by atoms with Crippen LogP contribution in [0.3, 0.4) is 0 Å². The van der Waals surface area contributed by atoms with Crippen LogP contribution in [0.2, 0.25) is 0 Å². The molecule has 0 saturated heterocycles. The Kier molecular flexibility index (Phi) is 10.3. The molecule has 0 N–H and O–H groups in total. The molecule has 0 fully saturated rings. The van der Waals surface area contributed by atoms with E-state index in [4.69, 9.17) is 0 Å². The van der Waals surface area contributed by atoms with Crippen LogP contribution in [0.4, 0.5) is 5.69 Å². The quantitative estimate of drug-likeness (QED) is 0.104. The zero-order valence-electron chi connectivity index (χ0n) is 36.5. The standard InChI is InChI=1S/C63H51N/c1-3-18-50(4-2)63(51-23-9-6-10-24-51)61-30-16-15-29-58(61)59-40-39-54(43-62(59)63)64(52-37-35-47(36-38-52)46-33-31-45(32-34-46)44-19-7-5-8-20-44)53-25-17-22-48(41-53)60-42-49-21-11-12-26-55(49)56-27-13-14-28-57(56)60/h3-35,37-40,42-43,47,53H,36,41H2,1-2H3/b18-3-,50-4+. The molecule has 0 radical (unpaired) electrons. The third-order valence-corrected chi connectivity index (χ3v) is 13.9. The number of nitrogens with zero attached hydrogens (tertiary/aromatic N) is 1. The molecule has 0 aromatic heterocycles. The number of benzene rings is 8. The summed E-state index contributed by atoms with van der Waals surface area (Å²) in [5.41, 5.74) is 16.2. The predicted octanol–water partition coefficient (Wildman–Crippen LogP) is 16.3. The maximum Gasteiger partial charge on any atom is 0.0711 e. The van der Waals surface area contributed by atoms with E-state index in [0.717, 1.165) is 12.8 Å². The zero-order chi connectivity index (χ0) is 43.0. The second-order valence-corrected chi connectivity index (χ2v) is 17.4. The Morgan fingerprint density at radius 2 is 1.28 bits per heavy atom. The molecular weight excluding hydrogens is 771 g/mol. The van der Waals surface area contributed by atoms with Gasteiger partial charge >= 0.3 is 0 Å². The van der Waals surface area contributed by atoms with Crippen molar-refractivity contribution >= 4 is 32.8 Å². The summed E-state index contributed by atoms with van der Waals surface area (Å²) < 4.78 is 0. The molecule has 3 aliphatic rings. The molecule has 8 aromatic rings. The Morgan fingerprint density at radius 3 is 2.05 bits per heavy atom. The summed E-state index contributed by atoms with van der Waals surface area (Å²) in [5, 5.41) is 5.18. The highest BCUT2D eigenvalue weighted by atomic mass is 15.2. The minimum Gasteiger partial charge on any atom is -0.334 e. The van der Waals surface area contributed by atoms with E-state index in [9.17, 15) is 0 Å². The topological polar surface area (TPSA) is 3.24 Å². The van der Waals surface area contributed by atoms with Gasteiger partial charge in [-0.05, 0) is 134 Å². The first-order chi connectivity index (χ1) is 31.6. The summed E-state index contributed by atoms with van der Waals surface area (Å²) in [4.78, 5) is 2.63. The molecule has 1 nitrogen and oxygen atoms in total. The molecule has 308 valence electrons. The van der Waals surface area contributed by atoms with Crippen LogP contribution in [0.1, 0.15) is 60.4 Å². The second-order valence-electron chi connectivity index (χ2n) is 17.4. The Bertz CT molecular complexity index is 3230. The van der Waals surface area contributed by atoms with Crippen LogP contribution in [0.5, 0.6) is 0 Å². The SMILES string of the molecule is C/C=C\C(=C/C)C1(c2ccccc2)c2ccccc2-c2ccc(N(C3=CCC(c4ccc(-c5ccccc5)cc4)C=C3)C3C=CC=C(c4cc5ccccc5c5ccccc45)C3)cc21. The number of rotatable bonds is 9. The number of allylic oxidation sites excluding steroid dienone is 9. The molecular formula is C63H51N. The van der Waals surface area contributed by atoms with Crippen molar-refractivity contribution in [1.82, 2.24) is 0 Å². The van der Waals surface area contributed by atoms with Crippen molar-refractivity contribution in [3.63, 3.8) is 0 Å². The highest BCUT2D eigenvalue weighted by Crippen LogP contribution is 2.57. The van der Waals surface area contributed by atoms with Crippen LogP contribution < -0.4 is 4.90 Å². The molecule has 11 rings (SSSR count). The molecule has 0 heterocycles. The van der Waals surface area contributed by atoms with Crippen LogP contribution in [-0.2, 0) is 5.41 Å². The van der Waals surface area contributed by atoms with E-state index in [1.54, 1.807) is 0 Å². The van der Waals surface area contributed by atoms with Gasteiger partial charge in [-0.25, -0.2) is 0 Å². The van der Waals surface area contributed by atoms with Gasteiger partial charge in [-0.3, -0.25) is 0 Å². The van der Waals surface area contributed by atoms with Crippen LogP contribution in [0, 0.1) is 0 Å². The number of hydrogen-bond donors (Lipinski definition) is 0. The van der Waals surface area contributed by atoms with Gasteiger partial charge in [-0.2, -0.15) is 0 Å². The lowest BCUT2D eigenvalue weighted by atomic mass is 9.67. The van der Waals surface area contributed by atoms with Crippen molar-refractivity contribution in [3.8, 4) is 22.3 Å². The van der Waals surface area contributed by atoms with Gasteiger partial charge in [0.2, 0.25) is 0 Å². The summed E-state index contributed by atoms with van der Waals surface area (Å²) >= 11 is 0. The van der Waals surface area contributed by atoms with E-state index in [1.807, 2.05) is 0 Å². The summed E-state index contributed by atoms with van der Waals surface area (Å²) in [5.74, 6) is 0.301. The minimum atomic E-state index is -0.485. The lowest BCUT2D eigenvalue weighted by Gasteiger charge is -2.38. The maximum atomic E-state index is 2.63. The third-order valence-electron chi connectivity index (χ3n) is 13.9. The lowest BCUT2D eigenvalue weighted by molar-refractivity contribution is 0.744. The van der Waals surface area contributed by atoms with Gasteiger partial charge in [0, 0.05) is 17.3 Å².